The molecule has 0 bridgehead atoms. The van der Waals surface area contributed by atoms with Crippen LogP contribution in [0.3, 0.4) is 0 Å². The van der Waals surface area contributed by atoms with Crippen molar-refractivity contribution in [3.05, 3.63) is 83.9 Å². The molecule has 1 heterocycles. The molecule has 0 aliphatic heterocycles. The molecule has 1 amide bonds. The highest BCUT2D eigenvalue weighted by Gasteiger charge is 2.15. The first kappa shape index (κ1) is 16.6. The van der Waals surface area contributed by atoms with Crippen molar-refractivity contribution in [3.8, 4) is 17.3 Å². The maximum Gasteiger partial charge on any atom is 0.257 e. The lowest BCUT2D eigenvalue weighted by molar-refractivity contribution is 0.102. The van der Waals surface area contributed by atoms with Crippen molar-refractivity contribution in [2.45, 2.75) is 0 Å². The number of amides is 1. The van der Waals surface area contributed by atoms with Gasteiger partial charge in [0.2, 0.25) is 0 Å². The zero-order chi connectivity index (χ0) is 18.8. The van der Waals surface area contributed by atoms with Crippen molar-refractivity contribution >= 4 is 22.5 Å². The second-order valence-corrected chi connectivity index (χ2v) is 6.22. The van der Waals surface area contributed by atoms with Gasteiger partial charge in [-0.25, -0.2) is 0 Å². The van der Waals surface area contributed by atoms with E-state index in [0.717, 1.165) is 22.0 Å². The molecular weight excluding hydrogens is 336 g/mol. The van der Waals surface area contributed by atoms with Crippen LogP contribution in [0.4, 0.5) is 5.82 Å². The molecule has 1 aromatic heterocycles. The summed E-state index contributed by atoms with van der Waals surface area (Å²) in [6.45, 7) is 0. The van der Waals surface area contributed by atoms with Gasteiger partial charge in [0, 0.05) is 24.2 Å². The number of carbonyl (C=O) groups is 1. The predicted molar refractivity (Wildman–Crippen MR) is 105 cm³/mol. The van der Waals surface area contributed by atoms with E-state index in [4.69, 9.17) is 0 Å². The summed E-state index contributed by atoms with van der Waals surface area (Å²) in [5.41, 5.74) is 2.68. The Morgan fingerprint density at radius 2 is 1.78 bits per heavy atom. The summed E-state index contributed by atoms with van der Waals surface area (Å²) in [4.78, 5) is 12.9. The third kappa shape index (κ3) is 3.16. The number of anilines is 1. The van der Waals surface area contributed by atoms with Gasteiger partial charge in [-0.15, -0.1) is 0 Å². The van der Waals surface area contributed by atoms with Crippen molar-refractivity contribution in [1.29, 1.82) is 5.26 Å². The van der Waals surface area contributed by atoms with Crippen molar-refractivity contribution in [3.63, 3.8) is 0 Å². The first-order chi connectivity index (χ1) is 13.2. The maximum atomic E-state index is 12.9. The van der Waals surface area contributed by atoms with Gasteiger partial charge in [-0.2, -0.15) is 10.4 Å². The van der Waals surface area contributed by atoms with Crippen LogP contribution in [0.2, 0.25) is 0 Å². The molecule has 0 aliphatic carbocycles. The van der Waals surface area contributed by atoms with Gasteiger partial charge < -0.3 is 5.32 Å². The average Bonchev–Trinajstić information content (AvgIpc) is 3.08. The van der Waals surface area contributed by atoms with Crippen molar-refractivity contribution < 1.29 is 4.79 Å². The van der Waals surface area contributed by atoms with Crippen molar-refractivity contribution in [1.82, 2.24) is 9.78 Å². The lowest BCUT2D eigenvalue weighted by Crippen LogP contribution is -2.15. The van der Waals surface area contributed by atoms with Crippen LogP contribution in [-0.4, -0.2) is 15.7 Å². The van der Waals surface area contributed by atoms with E-state index in [9.17, 15) is 10.1 Å². The Bertz CT molecular complexity index is 1190. The van der Waals surface area contributed by atoms with Gasteiger partial charge >= 0.3 is 0 Å². The van der Waals surface area contributed by atoms with E-state index in [1.54, 1.807) is 23.9 Å². The van der Waals surface area contributed by atoms with Gasteiger partial charge in [0.25, 0.3) is 5.91 Å². The van der Waals surface area contributed by atoms with Crippen LogP contribution in [0, 0.1) is 11.3 Å². The highest BCUT2D eigenvalue weighted by molar-refractivity contribution is 6.13. The minimum absolute atomic E-state index is 0.272. The fraction of sp³-hybridized carbons (Fsp3) is 0.0455. The molecule has 0 fully saturated rings. The van der Waals surface area contributed by atoms with Gasteiger partial charge in [0.15, 0.2) is 0 Å². The molecule has 0 unspecified atom stereocenters. The van der Waals surface area contributed by atoms with Crippen LogP contribution in [0.1, 0.15) is 15.9 Å². The molecule has 4 aromatic rings. The molecule has 0 spiro atoms. The van der Waals surface area contributed by atoms with E-state index < -0.39 is 0 Å². The summed E-state index contributed by atoms with van der Waals surface area (Å²) >= 11 is 0. The number of hydrogen-bond donors (Lipinski definition) is 1. The molecule has 0 saturated carbocycles. The Balaban J connectivity index is 1.71. The molecule has 0 radical (unpaired) electrons. The van der Waals surface area contributed by atoms with E-state index in [1.807, 2.05) is 60.7 Å². The normalized spacial score (nSPS) is 10.5. The van der Waals surface area contributed by atoms with Crippen LogP contribution in [-0.2, 0) is 7.05 Å². The number of nitriles is 1. The second kappa shape index (κ2) is 6.77. The van der Waals surface area contributed by atoms with E-state index >= 15 is 0 Å². The lowest BCUT2D eigenvalue weighted by atomic mass is 10.0. The average molecular weight is 352 g/mol. The molecule has 130 valence electrons. The number of nitrogens with zero attached hydrogens (tertiary/aromatic N) is 3. The van der Waals surface area contributed by atoms with Gasteiger partial charge in [0.1, 0.15) is 5.82 Å². The zero-order valence-corrected chi connectivity index (χ0v) is 14.7. The minimum Gasteiger partial charge on any atom is -0.307 e. The molecule has 3 aromatic carbocycles. The zero-order valence-electron chi connectivity index (χ0n) is 14.7. The molecular formula is C22H16N4O. The summed E-state index contributed by atoms with van der Waals surface area (Å²) < 4.78 is 1.64. The fourth-order valence-electron chi connectivity index (χ4n) is 3.08. The minimum atomic E-state index is -0.272. The number of rotatable bonds is 3. The Morgan fingerprint density at radius 1 is 1.04 bits per heavy atom. The topological polar surface area (TPSA) is 70.7 Å². The summed E-state index contributed by atoms with van der Waals surface area (Å²) in [5, 5.41) is 18.3. The van der Waals surface area contributed by atoms with Crippen LogP contribution in [0.25, 0.3) is 22.0 Å². The molecule has 0 aliphatic rings. The first-order valence-electron chi connectivity index (χ1n) is 8.49. The number of hydrogen-bond acceptors (Lipinski definition) is 3. The standard InChI is InChI=1S/C22H16N4O/c1-26-21(13-20(25-26)16-7-3-2-4-8-16)24-22(27)19-12-15(14-23)11-17-9-5-6-10-18(17)19/h2-13H,1H3,(H,24,27). The smallest absolute Gasteiger partial charge is 0.257 e. The van der Waals surface area contributed by atoms with Crippen LogP contribution in [0.5, 0.6) is 0 Å². The highest BCUT2D eigenvalue weighted by atomic mass is 16.1. The molecule has 5 nitrogen and oxygen atoms in total. The molecule has 27 heavy (non-hydrogen) atoms. The monoisotopic (exact) mass is 352 g/mol. The molecule has 0 saturated heterocycles. The first-order valence-corrected chi connectivity index (χ1v) is 8.49. The molecule has 4 rings (SSSR count). The van der Waals surface area contributed by atoms with Crippen molar-refractivity contribution in [2.75, 3.05) is 5.32 Å². The van der Waals surface area contributed by atoms with E-state index in [2.05, 4.69) is 16.5 Å². The van der Waals surface area contributed by atoms with E-state index in [-0.39, 0.29) is 5.91 Å². The third-order valence-corrected chi connectivity index (χ3v) is 4.43. The summed E-state index contributed by atoms with van der Waals surface area (Å²) in [6, 6.07) is 24.7. The number of nitrogens with one attached hydrogen (secondary N) is 1. The van der Waals surface area contributed by atoms with Crippen LogP contribution in [0.15, 0.2) is 72.8 Å². The fourth-order valence-corrected chi connectivity index (χ4v) is 3.08. The maximum absolute atomic E-state index is 12.9. The van der Waals surface area contributed by atoms with Crippen LogP contribution >= 0.6 is 0 Å². The largest absolute Gasteiger partial charge is 0.307 e. The second-order valence-electron chi connectivity index (χ2n) is 6.22. The van der Waals surface area contributed by atoms with E-state index in [1.165, 1.54) is 0 Å². The number of carbonyl (C=O) groups excluding carboxylic acids is 1. The summed E-state index contributed by atoms with van der Waals surface area (Å²) in [6.07, 6.45) is 0. The van der Waals surface area contributed by atoms with Gasteiger partial charge in [-0.05, 0) is 22.9 Å². The number of aryl methyl sites for hydroxylation is 1. The Hall–Kier alpha value is -3.91. The van der Waals surface area contributed by atoms with Gasteiger partial charge in [-0.1, -0.05) is 54.6 Å². The van der Waals surface area contributed by atoms with Gasteiger partial charge in [0.05, 0.1) is 17.3 Å². The van der Waals surface area contributed by atoms with E-state index in [0.29, 0.717) is 16.9 Å². The lowest BCUT2D eigenvalue weighted by Gasteiger charge is -2.09. The number of fused-ring (bicyclic) bond motifs is 1. The highest BCUT2D eigenvalue weighted by Crippen LogP contribution is 2.24. The number of aromatic nitrogens is 2. The Kier molecular flexibility index (Phi) is 4.15. The third-order valence-electron chi connectivity index (χ3n) is 4.43. The Labute approximate surface area is 156 Å². The number of benzene rings is 3. The van der Waals surface area contributed by atoms with Gasteiger partial charge in [-0.3, -0.25) is 9.48 Å². The quantitative estimate of drug-likeness (QED) is 0.595. The molecule has 5 heteroatoms. The van der Waals surface area contributed by atoms with Crippen LogP contribution < -0.4 is 5.32 Å². The molecule has 0 atom stereocenters. The summed E-state index contributed by atoms with van der Waals surface area (Å²) in [5.74, 6) is 0.316. The summed E-state index contributed by atoms with van der Waals surface area (Å²) in [7, 11) is 1.78. The SMILES string of the molecule is Cn1nc(-c2ccccc2)cc1NC(=O)c1cc(C#N)cc2ccccc12. The predicted octanol–water partition coefficient (Wildman–Crippen LogP) is 4.36. The Morgan fingerprint density at radius 3 is 2.56 bits per heavy atom. The molecule has 1 N–H and O–H groups in total. The van der Waals surface area contributed by atoms with Crippen molar-refractivity contribution in [2.24, 2.45) is 7.05 Å².